The molecule has 1 N–H and O–H groups in total. The van der Waals surface area contributed by atoms with Gasteiger partial charge in [0.2, 0.25) is 0 Å². The van der Waals surface area contributed by atoms with Crippen LogP contribution in [0.25, 0.3) is 11.4 Å². The zero-order valence-corrected chi connectivity index (χ0v) is 11.4. The Hall–Kier alpha value is -1.46. The Morgan fingerprint density at radius 1 is 1.26 bits per heavy atom. The molecule has 1 saturated carbocycles. The number of aliphatic hydroxyl groups excluding tert-OH is 1. The number of rotatable bonds is 5. The fourth-order valence-corrected chi connectivity index (χ4v) is 2.76. The molecule has 0 saturated heterocycles. The minimum Gasteiger partial charge on any atom is -0.468 e. The molecule has 2 aromatic rings. The van der Waals surface area contributed by atoms with Crippen LogP contribution < -0.4 is 4.74 Å². The van der Waals surface area contributed by atoms with E-state index in [0.717, 1.165) is 18.4 Å². The third-order valence-electron chi connectivity index (χ3n) is 3.69. The van der Waals surface area contributed by atoms with Gasteiger partial charge in [-0.15, -0.1) is 0 Å². The maximum atomic E-state index is 9.39. The Labute approximate surface area is 116 Å². The van der Waals surface area contributed by atoms with Crippen LogP contribution in [0.15, 0.2) is 30.3 Å². The topological polar surface area (TPSA) is 55.2 Å². The minimum absolute atomic E-state index is 0.0431. The Bertz CT molecular complexity index is 532. The molecule has 1 fully saturated rings. The van der Waals surface area contributed by atoms with Gasteiger partial charge in [-0.05, 0) is 12.8 Å². The van der Waals surface area contributed by atoms with Crippen molar-refractivity contribution in [3.05, 3.63) is 30.3 Å². The van der Waals surface area contributed by atoms with E-state index in [9.17, 15) is 5.11 Å². The van der Waals surface area contributed by atoms with Crippen LogP contribution in [0.3, 0.4) is 0 Å². The molecule has 0 amide bonds. The van der Waals surface area contributed by atoms with Crippen molar-refractivity contribution in [3.63, 3.8) is 0 Å². The second-order valence-corrected chi connectivity index (χ2v) is 5.76. The molecule has 0 radical (unpaired) electrons. The second-order valence-electron chi connectivity index (χ2n) is 5.05. The van der Waals surface area contributed by atoms with Crippen molar-refractivity contribution in [2.24, 2.45) is 5.41 Å². The minimum atomic E-state index is -0.0431. The summed E-state index contributed by atoms with van der Waals surface area (Å²) < 4.78 is 9.99. The Balaban J connectivity index is 1.65. The van der Waals surface area contributed by atoms with Crippen molar-refractivity contribution in [2.75, 3.05) is 13.2 Å². The molecule has 0 atom stereocenters. The van der Waals surface area contributed by atoms with Crippen molar-refractivity contribution < 1.29 is 9.84 Å². The van der Waals surface area contributed by atoms with E-state index >= 15 is 0 Å². The second kappa shape index (κ2) is 5.27. The summed E-state index contributed by atoms with van der Waals surface area (Å²) in [5, 5.41) is 9.97. The van der Waals surface area contributed by atoms with E-state index in [-0.39, 0.29) is 12.0 Å². The van der Waals surface area contributed by atoms with E-state index in [0.29, 0.717) is 17.6 Å². The highest BCUT2D eigenvalue weighted by Crippen LogP contribution is 2.40. The molecular weight excluding hydrogens is 260 g/mol. The molecule has 1 aliphatic rings. The molecule has 5 heteroatoms. The fraction of sp³-hybridized carbons (Fsp3) is 0.429. The summed E-state index contributed by atoms with van der Waals surface area (Å²) in [7, 11) is 0. The molecule has 3 rings (SSSR count). The molecule has 0 spiro atoms. The lowest BCUT2D eigenvalue weighted by atomic mass is 9.70. The van der Waals surface area contributed by atoms with Gasteiger partial charge in [0.05, 0.1) is 13.2 Å². The number of benzene rings is 1. The van der Waals surface area contributed by atoms with Gasteiger partial charge in [-0.2, -0.15) is 9.36 Å². The number of aliphatic hydroxyl groups is 1. The maximum absolute atomic E-state index is 9.39. The zero-order chi connectivity index (χ0) is 13.1. The van der Waals surface area contributed by atoms with E-state index in [2.05, 4.69) is 9.36 Å². The molecule has 1 aromatic carbocycles. The normalized spacial score (nSPS) is 16.9. The highest BCUT2D eigenvalue weighted by atomic mass is 32.1. The van der Waals surface area contributed by atoms with Crippen molar-refractivity contribution in [3.8, 4) is 16.6 Å². The summed E-state index contributed by atoms with van der Waals surface area (Å²) in [5.41, 5.74) is 0.951. The summed E-state index contributed by atoms with van der Waals surface area (Å²) in [6.45, 7) is 0.726. The van der Waals surface area contributed by atoms with Gasteiger partial charge in [-0.1, -0.05) is 36.8 Å². The summed E-state index contributed by atoms with van der Waals surface area (Å²) >= 11 is 1.27. The summed E-state index contributed by atoms with van der Waals surface area (Å²) in [4.78, 5) is 4.38. The third-order valence-corrected chi connectivity index (χ3v) is 4.32. The van der Waals surface area contributed by atoms with Gasteiger partial charge in [0.25, 0.3) is 5.19 Å². The van der Waals surface area contributed by atoms with E-state index in [1.165, 1.54) is 18.0 Å². The number of hydrogen-bond donors (Lipinski definition) is 1. The van der Waals surface area contributed by atoms with Gasteiger partial charge < -0.3 is 9.84 Å². The van der Waals surface area contributed by atoms with Gasteiger partial charge in [-0.25, -0.2) is 0 Å². The molecule has 1 aromatic heterocycles. The van der Waals surface area contributed by atoms with Crippen molar-refractivity contribution in [2.45, 2.75) is 19.3 Å². The van der Waals surface area contributed by atoms with Crippen LogP contribution in [0.2, 0.25) is 0 Å². The van der Waals surface area contributed by atoms with E-state index in [1.807, 2.05) is 30.3 Å². The van der Waals surface area contributed by atoms with E-state index in [1.54, 1.807) is 0 Å². The van der Waals surface area contributed by atoms with Crippen molar-refractivity contribution in [1.29, 1.82) is 0 Å². The number of ether oxygens (including phenoxy) is 1. The standard InChI is InChI=1S/C14H16N2O2S/c17-9-14(7-4-8-14)10-18-13-15-12(16-19-13)11-5-2-1-3-6-11/h1-3,5-6,17H,4,7-10H2. The number of hydrogen-bond acceptors (Lipinski definition) is 5. The Kier molecular flexibility index (Phi) is 3.48. The average Bonchev–Trinajstić information content (AvgIpc) is 2.88. The zero-order valence-electron chi connectivity index (χ0n) is 10.6. The highest BCUT2D eigenvalue weighted by Gasteiger charge is 2.37. The van der Waals surface area contributed by atoms with Crippen LogP contribution in [-0.2, 0) is 0 Å². The summed E-state index contributed by atoms with van der Waals surface area (Å²) in [5.74, 6) is 0.701. The smallest absolute Gasteiger partial charge is 0.293 e. The van der Waals surface area contributed by atoms with E-state index in [4.69, 9.17) is 4.74 Å². The molecule has 1 aliphatic carbocycles. The molecule has 4 nitrogen and oxygen atoms in total. The first-order chi connectivity index (χ1) is 9.31. The third kappa shape index (κ3) is 2.62. The van der Waals surface area contributed by atoms with Crippen molar-refractivity contribution >= 4 is 11.5 Å². The van der Waals surface area contributed by atoms with Crippen LogP contribution >= 0.6 is 11.5 Å². The number of aromatic nitrogens is 2. The highest BCUT2D eigenvalue weighted by molar-refractivity contribution is 7.07. The van der Waals surface area contributed by atoms with Crippen LogP contribution in [0.5, 0.6) is 5.19 Å². The first kappa shape index (κ1) is 12.6. The van der Waals surface area contributed by atoms with Gasteiger partial charge in [0, 0.05) is 22.5 Å². The predicted octanol–water partition coefficient (Wildman–Crippen LogP) is 2.75. The molecule has 100 valence electrons. The molecule has 0 bridgehead atoms. The van der Waals surface area contributed by atoms with Crippen LogP contribution in [0.1, 0.15) is 19.3 Å². The molecule has 1 heterocycles. The van der Waals surface area contributed by atoms with Gasteiger partial charge >= 0.3 is 0 Å². The first-order valence-corrected chi connectivity index (χ1v) is 7.21. The van der Waals surface area contributed by atoms with Crippen LogP contribution in [0.4, 0.5) is 0 Å². The SMILES string of the molecule is OCC1(COc2nc(-c3ccccc3)ns2)CCC1. The van der Waals surface area contributed by atoms with E-state index < -0.39 is 0 Å². The lowest BCUT2D eigenvalue weighted by molar-refractivity contribution is 0.0000533. The molecule has 19 heavy (non-hydrogen) atoms. The lowest BCUT2D eigenvalue weighted by Crippen LogP contribution is -2.39. The first-order valence-electron chi connectivity index (χ1n) is 6.44. The largest absolute Gasteiger partial charge is 0.468 e. The van der Waals surface area contributed by atoms with Gasteiger partial charge in [0.15, 0.2) is 5.82 Å². The summed E-state index contributed by atoms with van der Waals surface area (Å²) in [6.07, 6.45) is 3.25. The quantitative estimate of drug-likeness (QED) is 0.912. The number of nitrogens with zero attached hydrogens (tertiary/aromatic N) is 2. The summed E-state index contributed by atoms with van der Waals surface area (Å²) in [6, 6.07) is 9.85. The van der Waals surface area contributed by atoms with Gasteiger partial charge in [0.1, 0.15) is 0 Å². The molecular formula is C14H16N2O2S. The Morgan fingerprint density at radius 3 is 2.68 bits per heavy atom. The lowest BCUT2D eigenvalue weighted by Gasteiger charge is -2.39. The predicted molar refractivity (Wildman–Crippen MR) is 74.2 cm³/mol. The molecule has 0 unspecified atom stereocenters. The average molecular weight is 276 g/mol. The maximum Gasteiger partial charge on any atom is 0.293 e. The fourth-order valence-electron chi connectivity index (χ4n) is 2.21. The monoisotopic (exact) mass is 276 g/mol. The van der Waals surface area contributed by atoms with Crippen molar-refractivity contribution in [1.82, 2.24) is 9.36 Å². The van der Waals surface area contributed by atoms with Crippen LogP contribution in [-0.4, -0.2) is 27.7 Å². The molecule has 0 aliphatic heterocycles. The van der Waals surface area contributed by atoms with Gasteiger partial charge in [-0.3, -0.25) is 0 Å². The van der Waals surface area contributed by atoms with Crippen LogP contribution in [0, 0.1) is 5.41 Å². The Morgan fingerprint density at radius 2 is 2.05 bits per heavy atom.